The molecular weight excluding hydrogens is 207 g/mol. The molecule has 0 aromatic rings. The second-order valence-electron chi connectivity index (χ2n) is 4.02. The predicted molar refractivity (Wildman–Crippen MR) is 52.6 cm³/mol. The van der Waals surface area contributed by atoms with E-state index in [9.17, 15) is 13.2 Å². The summed E-state index contributed by atoms with van der Waals surface area (Å²) in [6, 6.07) is 0.157. The summed E-state index contributed by atoms with van der Waals surface area (Å²) in [5, 5.41) is 0. The number of halogens is 3. The van der Waals surface area contributed by atoms with Crippen LogP contribution in [-0.4, -0.2) is 61.3 Å². The highest BCUT2D eigenvalue weighted by Crippen LogP contribution is 2.18. The molecule has 1 saturated heterocycles. The Morgan fingerprint density at radius 1 is 1.33 bits per heavy atom. The minimum absolute atomic E-state index is 0.157. The van der Waals surface area contributed by atoms with E-state index in [4.69, 9.17) is 5.73 Å². The molecule has 0 bridgehead atoms. The van der Waals surface area contributed by atoms with E-state index >= 15 is 0 Å². The molecule has 1 atom stereocenters. The maximum absolute atomic E-state index is 12.1. The van der Waals surface area contributed by atoms with Gasteiger partial charge in [-0.1, -0.05) is 0 Å². The molecule has 1 aliphatic rings. The van der Waals surface area contributed by atoms with Crippen LogP contribution in [0.4, 0.5) is 13.2 Å². The Balaban J connectivity index is 2.37. The molecule has 0 spiro atoms. The monoisotopic (exact) mass is 225 g/mol. The number of rotatable bonds is 3. The van der Waals surface area contributed by atoms with Crippen molar-refractivity contribution in [3.63, 3.8) is 0 Å². The van der Waals surface area contributed by atoms with Crippen LogP contribution < -0.4 is 5.73 Å². The van der Waals surface area contributed by atoms with Crippen molar-refractivity contribution in [2.45, 2.75) is 19.1 Å². The molecule has 1 fully saturated rings. The Labute approximate surface area is 88.0 Å². The van der Waals surface area contributed by atoms with Crippen LogP contribution in [0.2, 0.25) is 0 Å². The van der Waals surface area contributed by atoms with Crippen LogP contribution in [0.3, 0.4) is 0 Å². The van der Waals surface area contributed by atoms with Gasteiger partial charge in [-0.3, -0.25) is 9.80 Å². The Kier molecular flexibility index (Phi) is 4.36. The van der Waals surface area contributed by atoms with Crippen molar-refractivity contribution < 1.29 is 13.2 Å². The van der Waals surface area contributed by atoms with E-state index in [0.29, 0.717) is 26.2 Å². The van der Waals surface area contributed by atoms with Gasteiger partial charge in [-0.15, -0.1) is 0 Å². The molecule has 90 valence electrons. The summed E-state index contributed by atoms with van der Waals surface area (Å²) in [7, 11) is 0. The first-order chi connectivity index (χ1) is 6.92. The number of nitrogens with zero attached hydrogens (tertiary/aromatic N) is 2. The Morgan fingerprint density at radius 3 is 2.47 bits per heavy atom. The van der Waals surface area contributed by atoms with Crippen LogP contribution >= 0.6 is 0 Å². The smallest absolute Gasteiger partial charge is 0.329 e. The molecule has 3 nitrogen and oxygen atoms in total. The molecule has 0 aromatic carbocycles. The average Bonchev–Trinajstić information content (AvgIpc) is 2.07. The third kappa shape index (κ3) is 4.36. The summed E-state index contributed by atoms with van der Waals surface area (Å²) in [5.74, 6) is 0. The van der Waals surface area contributed by atoms with Crippen molar-refractivity contribution in [1.82, 2.24) is 9.80 Å². The summed E-state index contributed by atoms with van der Waals surface area (Å²) in [6.45, 7) is 4.09. The van der Waals surface area contributed by atoms with Crippen LogP contribution in [-0.2, 0) is 0 Å². The fourth-order valence-electron chi connectivity index (χ4n) is 1.97. The van der Waals surface area contributed by atoms with Gasteiger partial charge in [-0.2, -0.15) is 13.2 Å². The molecule has 6 heteroatoms. The van der Waals surface area contributed by atoms with Gasteiger partial charge in [0.15, 0.2) is 0 Å². The standard InChI is InChI=1S/C9H18F3N3/c1-8-6-14(7-9(10,11)12)4-5-15(8)3-2-13/h8H,2-7,13H2,1H3/t8-/m1/s1. The van der Waals surface area contributed by atoms with Crippen molar-refractivity contribution in [2.75, 3.05) is 39.3 Å². The van der Waals surface area contributed by atoms with Crippen LogP contribution in [0.15, 0.2) is 0 Å². The fourth-order valence-corrected chi connectivity index (χ4v) is 1.97. The van der Waals surface area contributed by atoms with E-state index in [1.54, 1.807) is 0 Å². The average molecular weight is 225 g/mol. The van der Waals surface area contributed by atoms with Crippen molar-refractivity contribution in [2.24, 2.45) is 5.73 Å². The Morgan fingerprint density at radius 2 is 2.00 bits per heavy atom. The van der Waals surface area contributed by atoms with E-state index in [0.717, 1.165) is 6.54 Å². The molecule has 0 aromatic heterocycles. The molecule has 0 aliphatic carbocycles. The topological polar surface area (TPSA) is 32.5 Å². The zero-order chi connectivity index (χ0) is 11.5. The highest BCUT2D eigenvalue weighted by atomic mass is 19.4. The maximum Gasteiger partial charge on any atom is 0.401 e. The highest BCUT2D eigenvalue weighted by Gasteiger charge is 2.33. The normalized spacial score (nSPS) is 25.8. The molecule has 1 rings (SSSR count). The van der Waals surface area contributed by atoms with Gasteiger partial charge in [0, 0.05) is 38.8 Å². The first-order valence-electron chi connectivity index (χ1n) is 5.15. The lowest BCUT2D eigenvalue weighted by Gasteiger charge is -2.39. The van der Waals surface area contributed by atoms with E-state index in [-0.39, 0.29) is 6.04 Å². The number of piperazine rings is 1. The molecular formula is C9H18F3N3. The zero-order valence-corrected chi connectivity index (χ0v) is 8.93. The zero-order valence-electron chi connectivity index (χ0n) is 8.93. The van der Waals surface area contributed by atoms with Crippen LogP contribution in [0.5, 0.6) is 0 Å². The minimum Gasteiger partial charge on any atom is -0.329 e. The summed E-state index contributed by atoms with van der Waals surface area (Å²) < 4.78 is 36.4. The molecule has 1 aliphatic heterocycles. The second-order valence-corrected chi connectivity index (χ2v) is 4.02. The highest BCUT2D eigenvalue weighted by molar-refractivity contribution is 4.80. The Hall–Kier alpha value is -0.330. The SMILES string of the molecule is C[C@@H]1CN(CC(F)(F)F)CCN1CCN. The summed E-state index contributed by atoms with van der Waals surface area (Å²) in [6.07, 6.45) is -4.09. The van der Waals surface area contributed by atoms with Gasteiger partial charge in [0.25, 0.3) is 0 Å². The molecule has 1 heterocycles. The minimum atomic E-state index is -4.09. The largest absolute Gasteiger partial charge is 0.401 e. The lowest BCUT2D eigenvalue weighted by atomic mass is 10.2. The van der Waals surface area contributed by atoms with Crippen LogP contribution in [0, 0.1) is 0 Å². The molecule has 0 saturated carbocycles. The fraction of sp³-hybridized carbons (Fsp3) is 1.00. The summed E-state index contributed by atoms with van der Waals surface area (Å²) in [5.41, 5.74) is 5.42. The van der Waals surface area contributed by atoms with E-state index in [1.807, 2.05) is 6.92 Å². The number of hydrogen-bond acceptors (Lipinski definition) is 3. The summed E-state index contributed by atoms with van der Waals surface area (Å²) in [4.78, 5) is 3.59. The number of alkyl halides is 3. The second kappa shape index (κ2) is 5.14. The predicted octanol–water partition coefficient (Wildman–Crippen LogP) is 0.514. The van der Waals surface area contributed by atoms with E-state index in [2.05, 4.69) is 4.90 Å². The number of hydrogen-bond donors (Lipinski definition) is 1. The van der Waals surface area contributed by atoms with Crippen LogP contribution in [0.25, 0.3) is 0 Å². The van der Waals surface area contributed by atoms with Crippen molar-refractivity contribution >= 4 is 0 Å². The van der Waals surface area contributed by atoms with Crippen LogP contribution in [0.1, 0.15) is 6.92 Å². The van der Waals surface area contributed by atoms with Gasteiger partial charge in [-0.05, 0) is 6.92 Å². The lowest BCUT2D eigenvalue weighted by Crippen LogP contribution is -2.54. The van der Waals surface area contributed by atoms with E-state index in [1.165, 1.54) is 4.90 Å². The lowest BCUT2D eigenvalue weighted by molar-refractivity contribution is -0.151. The Bertz CT molecular complexity index is 196. The molecule has 2 N–H and O–H groups in total. The van der Waals surface area contributed by atoms with Gasteiger partial charge >= 0.3 is 6.18 Å². The van der Waals surface area contributed by atoms with Gasteiger partial charge in [-0.25, -0.2) is 0 Å². The van der Waals surface area contributed by atoms with Gasteiger partial charge in [0.2, 0.25) is 0 Å². The number of nitrogens with two attached hydrogens (primary N) is 1. The van der Waals surface area contributed by atoms with Gasteiger partial charge < -0.3 is 5.73 Å². The van der Waals surface area contributed by atoms with Crippen molar-refractivity contribution in [3.05, 3.63) is 0 Å². The first kappa shape index (κ1) is 12.7. The van der Waals surface area contributed by atoms with Crippen molar-refractivity contribution in [1.29, 1.82) is 0 Å². The van der Waals surface area contributed by atoms with Crippen molar-refractivity contribution in [3.8, 4) is 0 Å². The molecule has 0 radical (unpaired) electrons. The van der Waals surface area contributed by atoms with Gasteiger partial charge in [0.1, 0.15) is 0 Å². The third-order valence-electron chi connectivity index (χ3n) is 2.67. The molecule has 0 amide bonds. The quantitative estimate of drug-likeness (QED) is 0.759. The molecule has 0 unspecified atom stereocenters. The third-order valence-corrected chi connectivity index (χ3v) is 2.67. The maximum atomic E-state index is 12.1. The summed E-state index contributed by atoms with van der Waals surface area (Å²) >= 11 is 0. The molecule has 15 heavy (non-hydrogen) atoms. The van der Waals surface area contributed by atoms with Gasteiger partial charge in [0.05, 0.1) is 6.54 Å². The first-order valence-corrected chi connectivity index (χ1v) is 5.15. The van der Waals surface area contributed by atoms with E-state index < -0.39 is 12.7 Å².